The lowest BCUT2D eigenvalue weighted by Gasteiger charge is -2.06. The lowest BCUT2D eigenvalue weighted by Crippen LogP contribution is -2.25. The molecule has 0 radical (unpaired) electrons. The number of methoxy groups -OCH3 is 2. The van der Waals surface area contributed by atoms with E-state index in [9.17, 15) is 4.79 Å². The third kappa shape index (κ3) is 3.88. The minimum absolute atomic E-state index is 0.310. The Morgan fingerprint density at radius 3 is 2.81 bits per heavy atom. The summed E-state index contributed by atoms with van der Waals surface area (Å²) in [7, 11) is 3.11. The molecule has 0 atom stereocenters. The molecular formula is C11H15NO4. The molecule has 0 aliphatic rings. The van der Waals surface area contributed by atoms with E-state index >= 15 is 0 Å². The SMILES string of the molecule is COCCONC(=O)c1cccc(OC)c1. The highest BCUT2D eigenvalue weighted by molar-refractivity contribution is 5.93. The second kappa shape index (κ2) is 6.81. The molecule has 16 heavy (non-hydrogen) atoms. The van der Waals surface area contributed by atoms with Crippen molar-refractivity contribution in [2.45, 2.75) is 0 Å². The maximum absolute atomic E-state index is 11.5. The lowest BCUT2D eigenvalue weighted by molar-refractivity contribution is 0.00887. The van der Waals surface area contributed by atoms with Crippen molar-refractivity contribution in [1.82, 2.24) is 5.48 Å². The Morgan fingerprint density at radius 2 is 2.12 bits per heavy atom. The molecule has 5 heteroatoms. The Balaban J connectivity index is 2.46. The fourth-order valence-electron chi connectivity index (χ4n) is 1.06. The molecule has 0 bridgehead atoms. The number of hydrogen-bond acceptors (Lipinski definition) is 4. The van der Waals surface area contributed by atoms with Gasteiger partial charge in [-0.1, -0.05) is 6.07 Å². The second-order valence-corrected chi connectivity index (χ2v) is 3.00. The molecule has 0 aliphatic heterocycles. The quantitative estimate of drug-likeness (QED) is 0.579. The van der Waals surface area contributed by atoms with Gasteiger partial charge in [-0.2, -0.15) is 0 Å². The molecule has 0 heterocycles. The van der Waals surface area contributed by atoms with E-state index < -0.39 is 0 Å². The number of hydroxylamine groups is 1. The van der Waals surface area contributed by atoms with E-state index in [2.05, 4.69) is 5.48 Å². The number of amides is 1. The third-order valence-corrected chi connectivity index (χ3v) is 1.89. The van der Waals surface area contributed by atoms with Crippen LogP contribution in [-0.2, 0) is 9.57 Å². The molecule has 5 nitrogen and oxygen atoms in total. The zero-order valence-electron chi connectivity index (χ0n) is 9.36. The van der Waals surface area contributed by atoms with Crippen LogP contribution in [-0.4, -0.2) is 33.3 Å². The van der Waals surface area contributed by atoms with Gasteiger partial charge in [0, 0.05) is 12.7 Å². The minimum atomic E-state index is -0.310. The number of hydrogen-bond donors (Lipinski definition) is 1. The monoisotopic (exact) mass is 225 g/mol. The molecule has 1 rings (SSSR count). The molecule has 1 aromatic rings. The second-order valence-electron chi connectivity index (χ2n) is 3.00. The van der Waals surface area contributed by atoms with Crippen molar-refractivity contribution in [3.63, 3.8) is 0 Å². The maximum Gasteiger partial charge on any atom is 0.274 e. The van der Waals surface area contributed by atoms with Gasteiger partial charge in [0.25, 0.3) is 5.91 Å². The van der Waals surface area contributed by atoms with Gasteiger partial charge in [0.15, 0.2) is 0 Å². The van der Waals surface area contributed by atoms with Crippen molar-refractivity contribution in [3.8, 4) is 5.75 Å². The average Bonchev–Trinajstić information content (AvgIpc) is 2.34. The van der Waals surface area contributed by atoms with E-state index in [-0.39, 0.29) is 5.91 Å². The molecule has 0 saturated heterocycles. The zero-order chi connectivity index (χ0) is 11.8. The van der Waals surface area contributed by atoms with Crippen LogP contribution < -0.4 is 10.2 Å². The van der Waals surface area contributed by atoms with E-state index in [1.54, 1.807) is 38.5 Å². The molecule has 0 unspecified atom stereocenters. The van der Waals surface area contributed by atoms with Crippen molar-refractivity contribution in [2.24, 2.45) is 0 Å². The molecule has 1 N–H and O–H groups in total. The third-order valence-electron chi connectivity index (χ3n) is 1.89. The van der Waals surface area contributed by atoms with Gasteiger partial charge in [-0.05, 0) is 18.2 Å². The van der Waals surface area contributed by atoms with Crippen molar-refractivity contribution in [1.29, 1.82) is 0 Å². The predicted molar refractivity (Wildman–Crippen MR) is 58.3 cm³/mol. The van der Waals surface area contributed by atoms with Crippen LogP contribution in [0, 0.1) is 0 Å². The molecule has 0 fully saturated rings. The summed E-state index contributed by atoms with van der Waals surface area (Å²) in [6, 6.07) is 6.82. The summed E-state index contributed by atoms with van der Waals surface area (Å²) in [5.41, 5.74) is 2.79. The normalized spacial score (nSPS) is 9.88. The maximum atomic E-state index is 11.5. The number of benzene rings is 1. The first kappa shape index (κ1) is 12.5. The first-order valence-electron chi connectivity index (χ1n) is 4.83. The molecular weight excluding hydrogens is 210 g/mol. The van der Waals surface area contributed by atoms with Gasteiger partial charge < -0.3 is 9.47 Å². The van der Waals surface area contributed by atoms with E-state index in [1.165, 1.54) is 0 Å². The Kier molecular flexibility index (Phi) is 5.31. The number of nitrogens with one attached hydrogen (secondary N) is 1. The summed E-state index contributed by atoms with van der Waals surface area (Å²) >= 11 is 0. The van der Waals surface area contributed by atoms with Gasteiger partial charge in [0.05, 0.1) is 20.3 Å². The number of rotatable bonds is 6. The highest BCUT2D eigenvalue weighted by Gasteiger charge is 2.05. The summed E-state index contributed by atoms with van der Waals surface area (Å²) in [6.07, 6.45) is 0. The average molecular weight is 225 g/mol. The van der Waals surface area contributed by atoms with Crippen molar-refractivity contribution in [2.75, 3.05) is 27.4 Å². The van der Waals surface area contributed by atoms with Crippen LogP contribution in [0.15, 0.2) is 24.3 Å². The standard InChI is InChI=1S/C11H15NO4/c1-14-6-7-16-12-11(13)9-4-3-5-10(8-9)15-2/h3-5,8H,6-7H2,1-2H3,(H,12,13). The van der Waals surface area contributed by atoms with Crippen LogP contribution in [0.4, 0.5) is 0 Å². The molecule has 0 aliphatic carbocycles. The number of ether oxygens (including phenoxy) is 2. The topological polar surface area (TPSA) is 56.8 Å². The first-order chi connectivity index (χ1) is 7.77. The van der Waals surface area contributed by atoms with Crippen LogP contribution in [0.25, 0.3) is 0 Å². The predicted octanol–water partition coefficient (Wildman–Crippen LogP) is 1.00. The van der Waals surface area contributed by atoms with Gasteiger partial charge >= 0.3 is 0 Å². The summed E-state index contributed by atoms with van der Waals surface area (Å²) in [5, 5.41) is 0. The zero-order valence-corrected chi connectivity index (χ0v) is 9.36. The van der Waals surface area contributed by atoms with Crippen molar-refractivity contribution in [3.05, 3.63) is 29.8 Å². The number of carbonyl (C=O) groups excluding carboxylic acids is 1. The smallest absolute Gasteiger partial charge is 0.274 e. The largest absolute Gasteiger partial charge is 0.497 e. The number of carbonyl (C=O) groups is 1. The van der Waals surface area contributed by atoms with Gasteiger partial charge in [0.1, 0.15) is 5.75 Å². The Morgan fingerprint density at radius 1 is 1.31 bits per heavy atom. The highest BCUT2D eigenvalue weighted by Crippen LogP contribution is 2.12. The first-order valence-corrected chi connectivity index (χ1v) is 4.83. The van der Waals surface area contributed by atoms with E-state index in [1.807, 2.05) is 0 Å². The fraction of sp³-hybridized carbons (Fsp3) is 0.364. The molecule has 0 spiro atoms. The van der Waals surface area contributed by atoms with Crippen LogP contribution >= 0.6 is 0 Å². The lowest BCUT2D eigenvalue weighted by atomic mass is 10.2. The van der Waals surface area contributed by atoms with E-state index in [4.69, 9.17) is 14.3 Å². The highest BCUT2D eigenvalue weighted by atomic mass is 16.7. The molecule has 0 aromatic heterocycles. The molecule has 1 amide bonds. The van der Waals surface area contributed by atoms with Gasteiger partial charge in [-0.3, -0.25) is 9.63 Å². The summed E-state index contributed by atoms with van der Waals surface area (Å²) in [5.74, 6) is 0.319. The van der Waals surface area contributed by atoms with Crippen molar-refractivity contribution < 1.29 is 19.1 Å². The Labute approximate surface area is 94.3 Å². The summed E-state index contributed by atoms with van der Waals surface area (Å²) in [6.45, 7) is 0.741. The minimum Gasteiger partial charge on any atom is -0.497 e. The Bertz CT molecular complexity index is 341. The van der Waals surface area contributed by atoms with Crippen LogP contribution in [0.1, 0.15) is 10.4 Å². The van der Waals surface area contributed by atoms with E-state index in [0.29, 0.717) is 24.5 Å². The van der Waals surface area contributed by atoms with Gasteiger partial charge in [0.2, 0.25) is 0 Å². The summed E-state index contributed by atoms with van der Waals surface area (Å²) in [4.78, 5) is 16.4. The van der Waals surface area contributed by atoms with E-state index in [0.717, 1.165) is 0 Å². The van der Waals surface area contributed by atoms with Crippen LogP contribution in [0.5, 0.6) is 5.75 Å². The fourth-order valence-corrected chi connectivity index (χ4v) is 1.06. The Hall–Kier alpha value is -1.59. The van der Waals surface area contributed by atoms with Crippen molar-refractivity contribution >= 4 is 5.91 Å². The molecule has 88 valence electrons. The van der Waals surface area contributed by atoms with Gasteiger partial charge in [-0.15, -0.1) is 0 Å². The van der Waals surface area contributed by atoms with Gasteiger partial charge in [-0.25, -0.2) is 5.48 Å². The summed E-state index contributed by atoms with van der Waals surface area (Å²) < 4.78 is 9.78. The molecule has 0 saturated carbocycles. The van der Waals surface area contributed by atoms with Crippen LogP contribution in [0.3, 0.4) is 0 Å². The molecule has 1 aromatic carbocycles. The van der Waals surface area contributed by atoms with Crippen LogP contribution in [0.2, 0.25) is 0 Å².